The summed E-state index contributed by atoms with van der Waals surface area (Å²) in [6.07, 6.45) is 7.07. The number of methoxy groups -OCH3 is 1. The Hall–Kier alpha value is -3.63. The van der Waals surface area contributed by atoms with Crippen LogP contribution in [0.5, 0.6) is 5.75 Å². The molecule has 4 aromatic rings. The number of rotatable bonds is 8. The molecule has 1 fully saturated rings. The standard InChI is InChI=1S/C28H28N2O6S2/c1-19-12-14-22(15-13-19)38(33,34)36-25(16-20-8-6-7-9-20)24-17-23-27(26(35-2)18-29-28(23)30-24)37(31,32)21-10-4-3-5-11-21/h3-5,10-18,20H,6-9H2,1-2H3,(H,29,30). The number of pyridine rings is 1. The van der Waals surface area contributed by atoms with Gasteiger partial charge in [0, 0.05) is 5.39 Å². The van der Waals surface area contributed by atoms with Gasteiger partial charge in [0.25, 0.3) is 0 Å². The van der Waals surface area contributed by atoms with Crippen molar-refractivity contribution in [1.82, 2.24) is 9.97 Å². The van der Waals surface area contributed by atoms with Gasteiger partial charge in [0.15, 0.2) is 11.5 Å². The zero-order chi connectivity index (χ0) is 26.9. The van der Waals surface area contributed by atoms with E-state index in [9.17, 15) is 16.8 Å². The van der Waals surface area contributed by atoms with Crippen LogP contribution in [0, 0.1) is 12.8 Å². The highest BCUT2D eigenvalue weighted by Crippen LogP contribution is 2.38. The largest absolute Gasteiger partial charge is 0.494 e. The quantitative estimate of drug-likeness (QED) is 0.222. The van der Waals surface area contributed by atoms with Gasteiger partial charge in [-0.1, -0.05) is 48.7 Å². The zero-order valence-electron chi connectivity index (χ0n) is 21.0. The molecule has 1 N–H and O–H groups in total. The van der Waals surface area contributed by atoms with Crippen LogP contribution < -0.4 is 4.74 Å². The highest BCUT2D eigenvalue weighted by atomic mass is 32.2. The summed E-state index contributed by atoms with van der Waals surface area (Å²) in [5.41, 5.74) is 1.50. The molecule has 198 valence electrons. The lowest BCUT2D eigenvalue weighted by molar-refractivity contribution is 0.402. The third-order valence-electron chi connectivity index (χ3n) is 6.68. The molecule has 0 aliphatic heterocycles. The molecule has 0 amide bonds. The number of fused-ring (bicyclic) bond motifs is 1. The Morgan fingerprint density at radius 2 is 1.66 bits per heavy atom. The molecule has 0 spiro atoms. The van der Waals surface area contributed by atoms with E-state index < -0.39 is 20.0 Å². The fourth-order valence-electron chi connectivity index (χ4n) is 4.68. The van der Waals surface area contributed by atoms with E-state index in [1.807, 2.05) is 13.0 Å². The average Bonchev–Trinajstić information content (AvgIpc) is 3.58. The maximum absolute atomic E-state index is 13.7. The highest BCUT2D eigenvalue weighted by Gasteiger charge is 2.29. The molecule has 10 heteroatoms. The van der Waals surface area contributed by atoms with Crippen LogP contribution in [0.1, 0.15) is 36.9 Å². The van der Waals surface area contributed by atoms with Gasteiger partial charge in [-0.05, 0) is 62.1 Å². The van der Waals surface area contributed by atoms with Crippen LogP contribution in [-0.4, -0.2) is 33.9 Å². The fourth-order valence-corrected chi connectivity index (χ4v) is 7.22. The Morgan fingerprint density at radius 1 is 0.974 bits per heavy atom. The van der Waals surface area contributed by atoms with Gasteiger partial charge in [-0.25, -0.2) is 13.4 Å². The fraction of sp³-hybridized carbons (Fsp3) is 0.250. The number of sulfone groups is 1. The molecular weight excluding hydrogens is 524 g/mol. The molecule has 1 aliphatic carbocycles. The summed E-state index contributed by atoms with van der Waals surface area (Å²) in [5, 5.41) is 0.275. The highest BCUT2D eigenvalue weighted by molar-refractivity contribution is 7.91. The maximum atomic E-state index is 13.7. The second-order valence-corrected chi connectivity index (χ2v) is 12.8. The van der Waals surface area contributed by atoms with E-state index >= 15 is 0 Å². The molecule has 5 rings (SSSR count). The SMILES string of the molecule is COc1cnc2[nH]c(C(=CC3CCCC3)OS(=O)(=O)c3ccc(C)cc3)cc2c1S(=O)(=O)c1ccccc1. The summed E-state index contributed by atoms with van der Waals surface area (Å²) in [7, 11) is -6.76. The first kappa shape index (κ1) is 26.0. The van der Waals surface area contributed by atoms with E-state index in [4.69, 9.17) is 8.92 Å². The molecule has 0 saturated heterocycles. The van der Waals surface area contributed by atoms with Crippen molar-refractivity contribution in [3.8, 4) is 5.75 Å². The predicted octanol–water partition coefficient (Wildman–Crippen LogP) is 5.65. The molecular formula is C28H28N2O6S2. The van der Waals surface area contributed by atoms with Crippen LogP contribution in [0.25, 0.3) is 16.8 Å². The average molecular weight is 553 g/mol. The van der Waals surface area contributed by atoms with Gasteiger partial charge in [0.1, 0.15) is 15.4 Å². The number of aromatic nitrogens is 2. The summed E-state index contributed by atoms with van der Waals surface area (Å²) in [6, 6.07) is 16.0. The first-order chi connectivity index (χ1) is 18.2. The van der Waals surface area contributed by atoms with E-state index in [2.05, 4.69) is 9.97 Å². The number of allylic oxidation sites excluding steroid dienone is 1. The Kier molecular flexibility index (Phi) is 7.02. The Labute approximate surface area is 222 Å². The summed E-state index contributed by atoms with van der Waals surface area (Å²) in [6.45, 7) is 1.87. The van der Waals surface area contributed by atoms with Gasteiger partial charge in [-0.3, -0.25) is 0 Å². The molecule has 1 saturated carbocycles. The lowest BCUT2D eigenvalue weighted by Gasteiger charge is -2.12. The van der Waals surface area contributed by atoms with Crippen LogP contribution in [0.4, 0.5) is 0 Å². The third kappa shape index (κ3) is 5.06. The molecule has 2 heterocycles. The van der Waals surface area contributed by atoms with Gasteiger partial charge in [0.2, 0.25) is 9.84 Å². The summed E-state index contributed by atoms with van der Waals surface area (Å²) in [5.74, 6) is 0.332. The van der Waals surface area contributed by atoms with Gasteiger partial charge >= 0.3 is 10.1 Å². The molecule has 0 atom stereocenters. The summed E-state index contributed by atoms with van der Waals surface area (Å²) < 4.78 is 64.9. The molecule has 0 bridgehead atoms. The van der Waals surface area contributed by atoms with Crippen molar-refractivity contribution in [2.45, 2.75) is 47.3 Å². The number of aromatic amines is 1. The zero-order valence-corrected chi connectivity index (χ0v) is 22.7. The molecule has 38 heavy (non-hydrogen) atoms. The van der Waals surface area contributed by atoms with Gasteiger partial charge in [-0.2, -0.15) is 8.42 Å². The lowest BCUT2D eigenvalue weighted by Crippen LogP contribution is -2.07. The smallest absolute Gasteiger partial charge is 0.339 e. The number of nitrogens with zero attached hydrogens (tertiary/aromatic N) is 1. The number of ether oxygens (including phenoxy) is 1. The molecule has 8 nitrogen and oxygen atoms in total. The minimum atomic E-state index is -4.15. The topological polar surface area (TPSA) is 115 Å². The van der Waals surface area contributed by atoms with Crippen molar-refractivity contribution >= 4 is 36.7 Å². The van der Waals surface area contributed by atoms with Gasteiger partial charge < -0.3 is 13.9 Å². The van der Waals surface area contributed by atoms with E-state index in [0.717, 1.165) is 31.2 Å². The third-order valence-corrected chi connectivity index (χ3v) is 9.78. The Bertz CT molecular complexity index is 1700. The monoisotopic (exact) mass is 552 g/mol. The lowest BCUT2D eigenvalue weighted by atomic mass is 10.1. The molecule has 1 aliphatic rings. The second-order valence-electron chi connectivity index (χ2n) is 9.34. The van der Waals surface area contributed by atoms with Crippen LogP contribution in [-0.2, 0) is 24.1 Å². The number of hydrogen-bond acceptors (Lipinski definition) is 7. The molecule has 2 aromatic heterocycles. The number of hydrogen-bond donors (Lipinski definition) is 1. The number of benzene rings is 2. The normalized spacial score (nSPS) is 15.2. The minimum absolute atomic E-state index is 0.0312. The summed E-state index contributed by atoms with van der Waals surface area (Å²) >= 11 is 0. The van der Waals surface area contributed by atoms with Crippen molar-refractivity contribution in [2.75, 3.05) is 7.11 Å². The van der Waals surface area contributed by atoms with Crippen molar-refractivity contribution < 1.29 is 25.8 Å². The first-order valence-corrected chi connectivity index (χ1v) is 15.2. The van der Waals surface area contributed by atoms with E-state index in [1.165, 1.54) is 37.6 Å². The van der Waals surface area contributed by atoms with Crippen LogP contribution in [0.3, 0.4) is 0 Å². The van der Waals surface area contributed by atoms with Crippen molar-refractivity contribution in [3.63, 3.8) is 0 Å². The summed E-state index contributed by atoms with van der Waals surface area (Å²) in [4.78, 5) is 7.50. The Balaban J connectivity index is 1.65. The first-order valence-electron chi connectivity index (χ1n) is 12.3. The van der Waals surface area contributed by atoms with Gasteiger partial charge in [0.05, 0.1) is 23.9 Å². The van der Waals surface area contributed by atoms with Crippen LogP contribution in [0.2, 0.25) is 0 Å². The maximum Gasteiger partial charge on any atom is 0.339 e. The number of H-pyrrole nitrogens is 1. The minimum Gasteiger partial charge on any atom is -0.494 e. The van der Waals surface area contributed by atoms with Gasteiger partial charge in [-0.15, -0.1) is 0 Å². The number of aryl methyl sites for hydroxylation is 1. The second kappa shape index (κ2) is 10.3. The van der Waals surface area contributed by atoms with Crippen molar-refractivity contribution in [1.29, 1.82) is 0 Å². The Morgan fingerprint density at radius 3 is 2.32 bits per heavy atom. The van der Waals surface area contributed by atoms with Crippen LogP contribution >= 0.6 is 0 Å². The van der Waals surface area contributed by atoms with Crippen molar-refractivity contribution in [3.05, 3.63) is 84.2 Å². The number of nitrogens with one attached hydrogen (secondary N) is 1. The predicted molar refractivity (Wildman–Crippen MR) is 144 cm³/mol. The molecule has 0 unspecified atom stereocenters. The molecule has 2 aromatic carbocycles. The van der Waals surface area contributed by atoms with E-state index in [1.54, 1.807) is 36.4 Å². The van der Waals surface area contributed by atoms with E-state index in [-0.39, 0.29) is 43.1 Å². The van der Waals surface area contributed by atoms with Crippen LogP contribution in [0.15, 0.2) is 87.6 Å². The molecule has 0 radical (unpaired) electrons. The van der Waals surface area contributed by atoms with E-state index in [0.29, 0.717) is 5.69 Å². The van der Waals surface area contributed by atoms with Crippen molar-refractivity contribution in [2.24, 2.45) is 5.92 Å².